The third-order valence-corrected chi connectivity index (χ3v) is 5.57. The van der Waals surface area contributed by atoms with Crippen LogP contribution in [0.4, 0.5) is 0 Å². The Bertz CT molecular complexity index is 918. The van der Waals surface area contributed by atoms with E-state index in [1.807, 2.05) is 61.5 Å². The minimum absolute atomic E-state index is 0.209. The highest BCUT2D eigenvalue weighted by Crippen LogP contribution is 2.34. The minimum atomic E-state index is -0.316. The number of hydrogen-bond acceptors (Lipinski definition) is 3. The topological polar surface area (TPSA) is 66.5 Å². The number of fused-ring (bicyclic) bond motifs is 2. The summed E-state index contributed by atoms with van der Waals surface area (Å²) in [5.74, 6) is -1.36. The highest BCUT2D eigenvalue weighted by molar-refractivity contribution is 6.07. The molecule has 0 spiro atoms. The van der Waals surface area contributed by atoms with E-state index in [0.717, 1.165) is 21.2 Å². The Morgan fingerprint density at radius 2 is 1.67 bits per heavy atom. The van der Waals surface area contributed by atoms with Crippen LogP contribution in [0.5, 0.6) is 0 Å². The lowest BCUT2D eigenvalue weighted by Crippen LogP contribution is -2.41. The number of benzene rings is 2. The van der Waals surface area contributed by atoms with Crippen molar-refractivity contribution in [2.45, 2.75) is 25.8 Å². The van der Waals surface area contributed by atoms with Gasteiger partial charge in [-0.25, -0.2) is 0 Å². The molecule has 1 N–H and O–H groups in total. The predicted molar refractivity (Wildman–Crippen MR) is 103 cm³/mol. The van der Waals surface area contributed by atoms with Crippen molar-refractivity contribution in [3.8, 4) is 0 Å². The van der Waals surface area contributed by atoms with Crippen LogP contribution in [-0.4, -0.2) is 29.2 Å². The zero-order valence-corrected chi connectivity index (χ0v) is 15.2. The maximum Gasteiger partial charge on any atom is 0.240 e. The number of carbonyl (C=O) groups is 3. The standard InChI is InChI=1S/C22H22N2O3/c1-14(16-12-6-8-15-7-2-3-9-17(15)16)23-20(25)13-24-21(26)18-10-4-5-11-19(18)22(24)27/h2-9,12,14,18-19H,10-11,13H2,1H3,(H,23,25)/t14-,18-,19-/m0/s1. The molecule has 1 aliphatic heterocycles. The van der Waals surface area contributed by atoms with Gasteiger partial charge in [0.25, 0.3) is 0 Å². The SMILES string of the molecule is C[C@H](NC(=O)CN1C(=O)[C@H]2CC=CC[C@@H]2C1=O)c1cccc2ccccc12. The third-order valence-electron chi connectivity index (χ3n) is 5.57. The quantitative estimate of drug-likeness (QED) is 0.672. The molecule has 0 aromatic heterocycles. The Morgan fingerprint density at radius 1 is 1.04 bits per heavy atom. The predicted octanol–water partition coefficient (Wildman–Crippen LogP) is 2.97. The van der Waals surface area contributed by atoms with Crippen LogP contribution in [0.3, 0.4) is 0 Å². The first kappa shape index (κ1) is 17.5. The van der Waals surface area contributed by atoms with Crippen LogP contribution >= 0.6 is 0 Å². The third kappa shape index (κ3) is 3.14. The molecule has 4 rings (SSSR count). The summed E-state index contributed by atoms with van der Waals surface area (Å²) in [7, 11) is 0. The van der Waals surface area contributed by atoms with Crippen molar-refractivity contribution in [2.75, 3.05) is 6.54 Å². The van der Waals surface area contributed by atoms with Crippen molar-refractivity contribution in [3.05, 3.63) is 60.2 Å². The fraction of sp³-hybridized carbons (Fsp3) is 0.318. The second kappa shape index (κ2) is 6.99. The summed E-state index contributed by atoms with van der Waals surface area (Å²) in [6.07, 6.45) is 5.05. The average molecular weight is 362 g/mol. The maximum absolute atomic E-state index is 12.5. The molecule has 5 heteroatoms. The van der Waals surface area contributed by atoms with Crippen molar-refractivity contribution in [1.29, 1.82) is 0 Å². The van der Waals surface area contributed by atoms with Crippen molar-refractivity contribution in [1.82, 2.24) is 10.2 Å². The fourth-order valence-corrected chi connectivity index (χ4v) is 4.16. The average Bonchev–Trinajstić information content (AvgIpc) is 2.92. The largest absolute Gasteiger partial charge is 0.348 e. The van der Waals surface area contributed by atoms with Gasteiger partial charge in [0, 0.05) is 0 Å². The van der Waals surface area contributed by atoms with Crippen molar-refractivity contribution < 1.29 is 14.4 Å². The first-order chi connectivity index (χ1) is 13.1. The molecule has 0 bridgehead atoms. The molecule has 2 aromatic rings. The van der Waals surface area contributed by atoms with E-state index < -0.39 is 0 Å². The molecule has 1 saturated heterocycles. The number of carbonyl (C=O) groups excluding carboxylic acids is 3. The summed E-state index contributed by atoms with van der Waals surface area (Å²) in [5.41, 5.74) is 1.01. The second-order valence-corrected chi connectivity index (χ2v) is 7.28. The molecule has 0 saturated carbocycles. The Kier molecular flexibility index (Phi) is 4.52. The van der Waals surface area contributed by atoms with Crippen LogP contribution in [0, 0.1) is 11.8 Å². The van der Waals surface area contributed by atoms with Gasteiger partial charge in [-0.1, -0.05) is 54.6 Å². The van der Waals surface area contributed by atoms with Crippen LogP contribution in [0.1, 0.15) is 31.4 Å². The smallest absolute Gasteiger partial charge is 0.240 e. The van der Waals surface area contributed by atoms with E-state index in [2.05, 4.69) is 5.32 Å². The highest BCUT2D eigenvalue weighted by atomic mass is 16.2. The molecule has 0 unspecified atom stereocenters. The first-order valence-electron chi connectivity index (χ1n) is 9.33. The van der Waals surface area contributed by atoms with Crippen LogP contribution in [-0.2, 0) is 14.4 Å². The zero-order chi connectivity index (χ0) is 19.0. The Balaban J connectivity index is 1.46. The fourth-order valence-electron chi connectivity index (χ4n) is 4.16. The molecule has 1 aliphatic carbocycles. The molecule has 3 atom stereocenters. The molecule has 5 nitrogen and oxygen atoms in total. The second-order valence-electron chi connectivity index (χ2n) is 7.28. The number of amides is 3. The molecular formula is C22H22N2O3. The maximum atomic E-state index is 12.5. The number of nitrogens with zero attached hydrogens (tertiary/aromatic N) is 1. The number of rotatable bonds is 4. The van der Waals surface area contributed by atoms with E-state index in [0.29, 0.717) is 12.8 Å². The van der Waals surface area contributed by atoms with Gasteiger partial charge in [0.1, 0.15) is 6.54 Å². The van der Waals surface area contributed by atoms with Crippen LogP contribution in [0.15, 0.2) is 54.6 Å². The van der Waals surface area contributed by atoms with Gasteiger partial charge in [-0.05, 0) is 36.1 Å². The minimum Gasteiger partial charge on any atom is -0.348 e. The lowest BCUT2D eigenvalue weighted by molar-refractivity contribution is -0.143. The number of nitrogens with one attached hydrogen (secondary N) is 1. The molecule has 0 radical (unpaired) electrons. The van der Waals surface area contributed by atoms with E-state index in [1.165, 1.54) is 0 Å². The van der Waals surface area contributed by atoms with Gasteiger partial charge >= 0.3 is 0 Å². The Hall–Kier alpha value is -2.95. The highest BCUT2D eigenvalue weighted by Gasteiger charge is 2.47. The molecule has 3 amide bonds. The molecule has 2 aliphatic rings. The number of likely N-dealkylation sites (tertiary alicyclic amines) is 1. The van der Waals surface area contributed by atoms with Gasteiger partial charge < -0.3 is 5.32 Å². The van der Waals surface area contributed by atoms with Gasteiger partial charge in [0.15, 0.2) is 0 Å². The van der Waals surface area contributed by atoms with Gasteiger partial charge in [0.2, 0.25) is 17.7 Å². The Labute approximate surface area is 158 Å². The first-order valence-corrected chi connectivity index (χ1v) is 9.33. The summed E-state index contributed by atoms with van der Waals surface area (Å²) in [5, 5.41) is 5.13. The summed E-state index contributed by atoms with van der Waals surface area (Å²) < 4.78 is 0. The van der Waals surface area contributed by atoms with Gasteiger partial charge in [-0.15, -0.1) is 0 Å². The summed E-state index contributed by atoms with van der Waals surface area (Å²) in [6, 6.07) is 13.8. The molecule has 138 valence electrons. The number of hydrogen-bond donors (Lipinski definition) is 1. The van der Waals surface area contributed by atoms with E-state index in [-0.39, 0.29) is 42.1 Å². The summed E-state index contributed by atoms with van der Waals surface area (Å²) in [6.45, 7) is 1.71. The van der Waals surface area contributed by atoms with Crippen molar-refractivity contribution in [3.63, 3.8) is 0 Å². The van der Waals surface area contributed by atoms with Crippen LogP contribution < -0.4 is 5.32 Å². The van der Waals surface area contributed by atoms with Gasteiger partial charge in [0.05, 0.1) is 17.9 Å². The Morgan fingerprint density at radius 3 is 2.37 bits per heavy atom. The van der Waals surface area contributed by atoms with Crippen LogP contribution in [0.25, 0.3) is 10.8 Å². The normalized spacial score (nSPS) is 22.8. The lowest BCUT2D eigenvalue weighted by atomic mass is 9.85. The summed E-state index contributed by atoms with van der Waals surface area (Å²) in [4.78, 5) is 38.7. The molecule has 27 heavy (non-hydrogen) atoms. The lowest BCUT2D eigenvalue weighted by Gasteiger charge is -2.19. The molecule has 1 heterocycles. The van der Waals surface area contributed by atoms with E-state index in [9.17, 15) is 14.4 Å². The molecule has 2 aromatic carbocycles. The van der Waals surface area contributed by atoms with Crippen molar-refractivity contribution >= 4 is 28.5 Å². The van der Waals surface area contributed by atoms with Crippen LogP contribution in [0.2, 0.25) is 0 Å². The van der Waals surface area contributed by atoms with Crippen molar-refractivity contribution in [2.24, 2.45) is 11.8 Å². The van der Waals surface area contributed by atoms with Gasteiger partial charge in [-0.2, -0.15) is 0 Å². The molecule has 1 fully saturated rings. The van der Waals surface area contributed by atoms with Gasteiger partial charge in [-0.3, -0.25) is 19.3 Å². The van der Waals surface area contributed by atoms with E-state index in [4.69, 9.17) is 0 Å². The molecular weight excluding hydrogens is 340 g/mol. The monoisotopic (exact) mass is 362 g/mol. The van der Waals surface area contributed by atoms with E-state index >= 15 is 0 Å². The number of imide groups is 1. The number of allylic oxidation sites excluding steroid dienone is 2. The summed E-state index contributed by atoms with van der Waals surface area (Å²) >= 11 is 0. The zero-order valence-electron chi connectivity index (χ0n) is 15.2. The van der Waals surface area contributed by atoms with E-state index in [1.54, 1.807) is 0 Å².